The summed E-state index contributed by atoms with van der Waals surface area (Å²) >= 11 is 1.62. The van der Waals surface area contributed by atoms with E-state index >= 15 is 0 Å². The topological polar surface area (TPSA) is 42.0 Å². The highest BCUT2D eigenvalue weighted by atomic mass is 32.2. The summed E-state index contributed by atoms with van der Waals surface area (Å²) in [4.78, 5) is 17.4. The van der Waals surface area contributed by atoms with Gasteiger partial charge in [0.25, 0.3) is 0 Å². The highest BCUT2D eigenvalue weighted by Crippen LogP contribution is 2.37. The van der Waals surface area contributed by atoms with Crippen molar-refractivity contribution in [3.8, 4) is 0 Å². The van der Waals surface area contributed by atoms with Gasteiger partial charge in [0.15, 0.2) is 0 Å². The van der Waals surface area contributed by atoms with Gasteiger partial charge in [0, 0.05) is 11.1 Å². The molecule has 0 spiro atoms. The van der Waals surface area contributed by atoms with E-state index in [0.29, 0.717) is 5.82 Å². The van der Waals surface area contributed by atoms with E-state index in [4.69, 9.17) is 0 Å². The van der Waals surface area contributed by atoms with Crippen molar-refractivity contribution in [3.05, 3.63) is 54.2 Å². The van der Waals surface area contributed by atoms with Gasteiger partial charge in [-0.3, -0.25) is 4.79 Å². The minimum atomic E-state index is -0.0515. The van der Waals surface area contributed by atoms with Gasteiger partial charge in [-0.2, -0.15) is 0 Å². The van der Waals surface area contributed by atoms with Crippen LogP contribution in [0.2, 0.25) is 0 Å². The van der Waals surface area contributed by atoms with Crippen molar-refractivity contribution in [2.24, 2.45) is 0 Å². The Kier molecular flexibility index (Phi) is 3.02. The lowest BCUT2D eigenvalue weighted by Gasteiger charge is -2.08. The molecule has 1 aliphatic heterocycles. The first kappa shape index (κ1) is 11.3. The Morgan fingerprint density at radius 2 is 2.06 bits per heavy atom. The zero-order chi connectivity index (χ0) is 12.4. The maximum absolute atomic E-state index is 12.1. The summed E-state index contributed by atoms with van der Waals surface area (Å²) in [5, 5.41) is 2.80. The Morgan fingerprint density at radius 1 is 1.22 bits per heavy atom. The van der Waals surface area contributed by atoms with Gasteiger partial charge in [-0.15, -0.1) is 11.8 Å². The first-order valence-corrected chi connectivity index (χ1v) is 6.67. The number of amides is 1. The number of pyridine rings is 1. The molecule has 0 saturated heterocycles. The molecule has 1 aromatic carbocycles. The number of benzene rings is 1. The van der Waals surface area contributed by atoms with Crippen LogP contribution in [0.5, 0.6) is 0 Å². The number of hydrogen-bond donors (Lipinski definition) is 1. The zero-order valence-corrected chi connectivity index (χ0v) is 10.5. The minimum absolute atomic E-state index is 0.0231. The molecule has 0 radical (unpaired) electrons. The van der Waals surface area contributed by atoms with Crippen molar-refractivity contribution >= 4 is 23.5 Å². The molecule has 3 rings (SSSR count). The monoisotopic (exact) mass is 256 g/mol. The van der Waals surface area contributed by atoms with E-state index in [1.54, 1.807) is 24.0 Å². The van der Waals surface area contributed by atoms with E-state index < -0.39 is 0 Å². The van der Waals surface area contributed by atoms with E-state index in [2.05, 4.69) is 22.4 Å². The van der Waals surface area contributed by atoms with Crippen molar-refractivity contribution in [1.29, 1.82) is 0 Å². The number of carbonyl (C=O) groups excluding carboxylic acids is 1. The fraction of sp³-hybridized carbons (Fsp3) is 0.143. The number of aromatic nitrogens is 1. The fourth-order valence-corrected chi connectivity index (χ4v) is 3.17. The predicted molar refractivity (Wildman–Crippen MR) is 72.7 cm³/mol. The third kappa shape index (κ3) is 2.24. The Hall–Kier alpha value is -1.81. The fourth-order valence-electron chi connectivity index (χ4n) is 1.97. The second kappa shape index (κ2) is 4.82. The Morgan fingerprint density at radius 3 is 2.83 bits per heavy atom. The van der Waals surface area contributed by atoms with Crippen LogP contribution in [0.1, 0.15) is 5.56 Å². The van der Waals surface area contributed by atoms with Crippen LogP contribution >= 0.6 is 11.8 Å². The number of thioether (sulfide) groups is 1. The van der Waals surface area contributed by atoms with Crippen LogP contribution < -0.4 is 5.32 Å². The van der Waals surface area contributed by atoms with Crippen LogP contribution in [0.15, 0.2) is 53.6 Å². The molecule has 0 fully saturated rings. The lowest BCUT2D eigenvalue weighted by molar-refractivity contribution is -0.115. The van der Waals surface area contributed by atoms with E-state index in [0.717, 1.165) is 6.42 Å². The number of nitrogens with zero attached hydrogens (tertiary/aromatic N) is 1. The summed E-state index contributed by atoms with van der Waals surface area (Å²) < 4.78 is 0. The van der Waals surface area contributed by atoms with Gasteiger partial charge < -0.3 is 5.32 Å². The number of hydrogen-bond acceptors (Lipinski definition) is 3. The molecular formula is C14H12N2OS. The highest BCUT2D eigenvalue weighted by molar-refractivity contribution is 8.01. The largest absolute Gasteiger partial charge is 0.310 e. The number of anilines is 1. The number of carbonyl (C=O) groups is 1. The quantitative estimate of drug-likeness (QED) is 0.898. The molecular weight excluding hydrogens is 244 g/mol. The number of nitrogens with one attached hydrogen (secondary N) is 1. The van der Waals surface area contributed by atoms with Crippen molar-refractivity contribution in [2.45, 2.75) is 16.6 Å². The minimum Gasteiger partial charge on any atom is -0.310 e. The molecule has 2 heterocycles. The second-order valence-corrected chi connectivity index (χ2v) is 5.37. The SMILES string of the molecule is O=C(Nc1ccccn1)C1Cc2ccccc2S1. The van der Waals surface area contributed by atoms with Gasteiger partial charge in [0.2, 0.25) is 5.91 Å². The molecule has 1 unspecified atom stereocenters. The smallest absolute Gasteiger partial charge is 0.239 e. The van der Waals surface area contributed by atoms with Gasteiger partial charge in [0.05, 0.1) is 5.25 Å². The van der Waals surface area contributed by atoms with Crippen molar-refractivity contribution in [1.82, 2.24) is 4.98 Å². The molecule has 1 aromatic heterocycles. The summed E-state index contributed by atoms with van der Waals surface area (Å²) in [6, 6.07) is 13.6. The van der Waals surface area contributed by atoms with Crippen molar-refractivity contribution in [2.75, 3.05) is 5.32 Å². The standard InChI is InChI=1S/C14H12N2OS/c17-14(16-13-7-3-4-8-15-13)12-9-10-5-1-2-6-11(10)18-12/h1-8,12H,9H2,(H,15,16,17). The normalized spacial score (nSPS) is 17.2. The highest BCUT2D eigenvalue weighted by Gasteiger charge is 2.27. The average molecular weight is 256 g/mol. The third-order valence-electron chi connectivity index (χ3n) is 2.86. The van der Waals surface area contributed by atoms with E-state index in [1.165, 1.54) is 10.5 Å². The maximum atomic E-state index is 12.1. The van der Waals surface area contributed by atoms with Crippen LogP contribution in [0, 0.1) is 0 Å². The zero-order valence-electron chi connectivity index (χ0n) is 9.67. The summed E-state index contributed by atoms with van der Waals surface area (Å²) in [7, 11) is 0. The third-order valence-corrected chi connectivity index (χ3v) is 4.17. The Labute approximate surface area is 110 Å². The predicted octanol–water partition coefficient (Wildman–Crippen LogP) is 2.74. The number of rotatable bonds is 2. The average Bonchev–Trinajstić information content (AvgIpc) is 2.84. The van der Waals surface area contributed by atoms with Gasteiger partial charge in [-0.05, 0) is 30.2 Å². The lowest BCUT2D eigenvalue weighted by atomic mass is 10.1. The summed E-state index contributed by atoms with van der Waals surface area (Å²) in [6.07, 6.45) is 2.46. The van der Waals surface area contributed by atoms with Crippen LogP contribution in [0.25, 0.3) is 0 Å². The van der Waals surface area contributed by atoms with Gasteiger partial charge in [0.1, 0.15) is 5.82 Å². The Bertz CT molecular complexity index is 546. The van der Waals surface area contributed by atoms with Crippen molar-refractivity contribution in [3.63, 3.8) is 0 Å². The molecule has 2 aromatic rings. The summed E-state index contributed by atoms with van der Waals surface area (Å²) in [5.74, 6) is 0.633. The van der Waals surface area contributed by atoms with Crippen LogP contribution in [-0.4, -0.2) is 16.1 Å². The van der Waals surface area contributed by atoms with Gasteiger partial charge >= 0.3 is 0 Å². The van der Waals surface area contributed by atoms with Crippen LogP contribution in [0.3, 0.4) is 0 Å². The molecule has 18 heavy (non-hydrogen) atoms. The molecule has 1 atom stereocenters. The summed E-state index contributed by atoms with van der Waals surface area (Å²) in [6.45, 7) is 0. The van der Waals surface area contributed by atoms with E-state index in [9.17, 15) is 4.79 Å². The summed E-state index contributed by atoms with van der Waals surface area (Å²) in [5.41, 5.74) is 1.25. The molecule has 0 aliphatic carbocycles. The van der Waals surface area contributed by atoms with Gasteiger partial charge in [-0.25, -0.2) is 4.98 Å². The molecule has 0 bridgehead atoms. The first-order valence-electron chi connectivity index (χ1n) is 5.79. The number of fused-ring (bicyclic) bond motifs is 1. The molecule has 3 nitrogen and oxygen atoms in total. The van der Waals surface area contributed by atoms with Crippen LogP contribution in [-0.2, 0) is 11.2 Å². The molecule has 90 valence electrons. The molecule has 1 amide bonds. The second-order valence-electron chi connectivity index (χ2n) is 4.12. The molecule has 4 heteroatoms. The van der Waals surface area contributed by atoms with Gasteiger partial charge in [-0.1, -0.05) is 24.3 Å². The molecule has 1 N–H and O–H groups in total. The lowest BCUT2D eigenvalue weighted by Crippen LogP contribution is -2.25. The maximum Gasteiger partial charge on any atom is 0.239 e. The first-order chi connectivity index (χ1) is 8.83. The molecule has 0 saturated carbocycles. The molecule has 1 aliphatic rings. The van der Waals surface area contributed by atoms with E-state index in [-0.39, 0.29) is 11.2 Å². The van der Waals surface area contributed by atoms with E-state index in [1.807, 2.05) is 24.3 Å². The van der Waals surface area contributed by atoms with Crippen molar-refractivity contribution < 1.29 is 4.79 Å². The Balaban J connectivity index is 1.70. The van der Waals surface area contributed by atoms with Crippen LogP contribution in [0.4, 0.5) is 5.82 Å².